The molecule has 2 N–H and O–H groups in total. The van der Waals surface area contributed by atoms with Crippen LogP contribution in [0.5, 0.6) is 0 Å². The highest BCUT2D eigenvalue weighted by atomic mass is 32.1. The number of thiazole rings is 1. The lowest BCUT2D eigenvalue weighted by Gasteiger charge is -2.21. The summed E-state index contributed by atoms with van der Waals surface area (Å²) in [6.45, 7) is 3.88. The minimum absolute atomic E-state index is 0.0141. The molecule has 1 aliphatic rings. The average molecular weight is 382 g/mol. The number of carbonyl (C=O) groups is 2. The number of hydrogen-bond acceptors (Lipinski definition) is 4. The molecular formula is C20H22N4O2S. The Morgan fingerprint density at radius 1 is 1.22 bits per heavy atom. The van der Waals surface area contributed by atoms with Crippen molar-refractivity contribution in [3.8, 4) is 5.13 Å². The van der Waals surface area contributed by atoms with Gasteiger partial charge in [0, 0.05) is 24.0 Å². The highest BCUT2D eigenvalue weighted by Gasteiger charge is 2.30. The normalized spacial score (nSPS) is 15.1. The van der Waals surface area contributed by atoms with Crippen LogP contribution in [0.3, 0.4) is 0 Å². The van der Waals surface area contributed by atoms with E-state index in [1.165, 1.54) is 11.3 Å². The van der Waals surface area contributed by atoms with Gasteiger partial charge in [0.25, 0.3) is 5.91 Å². The number of carbonyl (C=O) groups excluding carboxylic acids is 2. The van der Waals surface area contributed by atoms with E-state index in [-0.39, 0.29) is 23.8 Å². The van der Waals surface area contributed by atoms with Gasteiger partial charge >= 0.3 is 0 Å². The Balaban J connectivity index is 1.53. The van der Waals surface area contributed by atoms with Gasteiger partial charge in [-0.15, -0.1) is 0 Å². The number of fused-ring (bicyclic) bond motifs is 1. The van der Waals surface area contributed by atoms with Gasteiger partial charge in [-0.25, -0.2) is 4.98 Å². The standard InChI is InChI=1S/C20H22N4O2S/c1-12(2)17(19(26)21-14-6-7-14)23-18(25)13-5-8-15-16(11-13)27-20(22-15)24-9-3-4-10-24/h3-5,8-12,14,17H,6-7H2,1-2H3,(H,21,26)(H,23,25). The van der Waals surface area contributed by atoms with Gasteiger partial charge in [-0.2, -0.15) is 0 Å². The van der Waals surface area contributed by atoms with Gasteiger partial charge in [0.15, 0.2) is 5.13 Å². The van der Waals surface area contributed by atoms with Crippen LogP contribution >= 0.6 is 11.3 Å². The lowest BCUT2D eigenvalue weighted by molar-refractivity contribution is -0.124. The zero-order valence-electron chi connectivity index (χ0n) is 15.3. The molecule has 1 saturated carbocycles. The molecule has 4 rings (SSSR count). The van der Waals surface area contributed by atoms with Crippen molar-refractivity contribution in [3.05, 3.63) is 48.3 Å². The van der Waals surface area contributed by atoms with Crippen molar-refractivity contribution in [2.75, 3.05) is 0 Å². The van der Waals surface area contributed by atoms with Crippen molar-refractivity contribution in [2.45, 2.75) is 38.8 Å². The van der Waals surface area contributed by atoms with Crippen LogP contribution in [0.1, 0.15) is 37.0 Å². The fourth-order valence-corrected chi connectivity index (χ4v) is 3.88. The van der Waals surface area contributed by atoms with E-state index in [2.05, 4.69) is 15.6 Å². The third kappa shape index (κ3) is 3.88. The van der Waals surface area contributed by atoms with Gasteiger partial charge in [-0.3, -0.25) is 9.59 Å². The molecule has 0 radical (unpaired) electrons. The molecule has 1 unspecified atom stereocenters. The summed E-state index contributed by atoms with van der Waals surface area (Å²) in [5, 5.41) is 6.73. The minimum Gasteiger partial charge on any atom is -0.352 e. The highest BCUT2D eigenvalue weighted by molar-refractivity contribution is 7.20. The largest absolute Gasteiger partial charge is 0.352 e. The summed E-state index contributed by atoms with van der Waals surface area (Å²) >= 11 is 1.53. The molecule has 7 heteroatoms. The SMILES string of the molecule is CC(C)C(NC(=O)c1ccc2nc(-n3cccc3)sc2c1)C(=O)NC1CC1. The van der Waals surface area contributed by atoms with Crippen LogP contribution in [0, 0.1) is 5.92 Å². The summed E-state index contributed by atoms with van der Waals surface area (Å²) in [7, 11) is 0. The number of nitrogens with zero attached hydrogens (tertiary/aromatic N) is 2. The predicted molar refractivity (Wildman–Crippen MR) is 106 cm³/mol. The first-order valence-electron chi connectivity index (χ1n) is 9.16. The molecule has 0 bridgehead atoms. The Morgan fingerprint density at radius 2 is 1.96 bits per heavy atom. The number of aromatic nitrogens is 2. The van der Waals surface area contributed by atoms with Crippen molar-refractivity contribution in [3.63, 3.8) is 0 Å². The summed E-state index contributed by atoms with van der Waals surface area (Å²) in [5.41, 5.74) is 1.39. The van der Waals surface area contributed by atoms with Crippen LogP contribution in [0.4, 0.5) is 0 Å². The molecule has 1 atom stereocenters. The quantitative estimate of drug-likeness (QED) is 0.688. The van der Waals surface area contributed by atoms with Gasteiger partial charge in [-0.05, 0) is 49.1 Å². The molecule has 0 aliphatic heterocycles. The fraction of sp³-hybridized carbons (Fsp3) is 0.350. The number of hydrogen-bond donors (Lipinski definition) is 2. The van der Waals surface area contributed by atoms with Crippen LogP contribution in [0.2, 0.25) is 0 Å². The van der Waals surface area contributed by atoms with Gasteiger partial charge in [-0.1, -0.05) is 25.2 Å². The zero-order chi connectivity index (χ0) is 19.0. The maximum Gasteiger partial charge on any atom is 0.251 e. The lowest BCUT2D eigenvalue weighted by atomic mass is 10.0. The predicted octanol–water partition coefficient (Wildman–Crippen LogP) is 3.12. The number of rotatable bonds is 6. The molecule has 140 valence electrons. The molecule has 0 saturated heterocycles. The van der Waals surface area contributed by atoms with E-state index < -0.39 is 6.04 Å². The molecule has 3 aromatic rings. The van der Waals surface area contributed by atoms with Gasteiger partial charge in [0.1, 0.15) is 6.04 Å². The third-order valence-electron chi connectivity index (χ3n) is 4.62. The third-order valence-corrected chi connectivity index (χ3v) is 5.66. The molecule has 1 aromatic carbocycles. The summed E-state index contributed by atoms with van der Waals surface area (Å²) in [6.07, 6.45) is 5.93. The van der Waals surface area contributed by atoms with E-state index in [0.717, 1.165) is 28.2 Å². The average Bonchev–Trinajstić information content (AvgIpc) is 3.13. The Labute approximate surface area is 161 Å². The molecule has 27 heavy (non-hydrogen) atoms. The van der Waals surface area contributed by atoms with Gasteiger partial charge in [0.05, 0.1) is 10.2 Å². The molecule has 2 aromatic heterocycles. The number of benzene rings is 1. The van der Waals surface area contributed by atoms with Crippen molar-refractivity contribution in [2.24, 2.45) is 5.92 Å². The molecule has 2 heterocycles. The number of nitrogens with one attached hydrogen (secondary N) is 2. The summed E-state index contributed by atoms with van der Waals surface area (Å²) in [6, 6.07) is 9.08. The van der Waals surface area contributed by atoms with Crippen molar-refractivity contribution in [1.82, 2.24) is 20.2 Å². The van der Waals surface area contributed by atoms with Crippen molar-refractivity contribution < 1.29 is 9.59 Å². The van der Waals surface area contributed by atoms with Crippen molar-refractivity contribution in [1.29, 1.82) is 0 Å². The van der Waals surface area contributed by atoms with Crippen LogP contribution in [-0.2, 0) is 4.79 Å². The topological polar surface area (TPSA) is 76.0 Å². The van der Waals surface area contributed by atoms with Crippen LogP contribution in [-0.4, -0.2) is 33.4 Å². The Hall–Kier alpha value is -2.67. The van der Waals surface area contributed by atoms with E-state index in [9.17, 15) is 9.59 Å². The molecule has 1 fully saturated rings. The second-order valence-electron chi connectivity index (χ2n) is 7.25. The smallest absolute Gasteiger partial charge is 0.251 e. The molecular weight excluding hydrogens is 360 g/mol. The maximum atomic E-state index is 12.7. The first kappa shape index (κ1) is 17.7. The lowest BCUT2D eigenvalue weighted by Crippen LogP contribution is -2.50. The van der Waals surface area contributed by atoms with Crippen LogP contribution in [0.15, 0.2) is 42.7 Å². The van der Waals surface area contributed by atoms with Crippen LogP contribution < -0.4 is 10.6 Å². The summed E-state index contributed by atoms with van der Waals surface area (Å²) in [5.74, 6) is -0.327. The molecule has 2 amide bonds. The summed E-state index contributed by atoms with van der Waals surface area (Å²) in [4.78, 5) is 29.7. The maximum absolute atomic E-state index is 12.7. The second kappa shape index (κ2) is 7.15. The monoisotopic (exact) mass is 382 g/mol. The van der Waals surface area contributed by atoms with E-state index in [4.69, 9.17) is 0 Å². The zero-order valence-corrected chi connectivity index (χ0v) is 16.1. The van der Waals surface area contributed by atoms with Crippen LogP contribution in [0.25, 0.3) is 15.3 Å². The van der Waals surface area contributed by atoms with E-state index in [1.807, 2.05) is 55.1 Å². The van der Waals surface area contributed by atoms with E-state index in [0.29, 0.717) is 5.56 Å². The first-order chi connectivity index (χ1) is 13.0. The molecule has 6 nitrogen and oxygen atoms in total. The minimum atomic E-state index is -0.536. The van der Waals surface area contributed by atoms with E-state index in [1.54, 1.807) is 6.07 Å². The molecule has 0 spiro atoms. The Morgan fingerprint density at radius 3 is 2.63 bits per heavy atom. The second-order valence-corrected chi connectivity index (χ2v) is 8.26. The van der Waals surface area contributed by atoms with E-state index >= 15 is 0 Å². The first-order valence-corrected chi connectivity index (χ1v) is 9.98. The van der Waals surface area contributed by atoms with Gasteiger partial charge < -0.3 is 15.2 Å². The fourth-order valence-electron chi connectivity index (χ4n) is 2.90. The van der Waals surface area contributed by atoms with Gasteiger partial charge in [0.2, 0.25) is 5.91 Å². The molecule has 1 aliphatic carbocycles. The Kier molecular flexibility index (Phi) is 4.70. The Bertz CT molecular complexity index is 973. The summed E-state index contributed by atoms with van der Waals surface area (Å²) < 4.78 is 2.89. The number of amides is 2. The van der Waals surface area contributed by atoms with Crippen molar-refractivity contribution >= 4 is 33.4 Å². The highest BCUT2D eigenvalue weighted by Crippen LogP contribution is 2.26.